The molecule has 0 spiro atoms. The first-order valence-corrected chi connectivity index (χ1v) is 13.2. The zero-order chi connectivity index (χ0) is 24.1. The molecule has 0 heterocycles. The van der Waals surface area contributed by atoms with E-state index in [1.807, 2.05) is 0 Å². The number of ether oxygens (including phenoxy) is 2. The lowest BCUT2D eigenvalue weighted by atomic mass is 9.43. The molecule has 5 unspecified atom stereocenters. The van der Waals surface area contributed by atoms with Gasteiger partial charge in [-0.3, -0.25) is 4.79 Å². The van der Waals surface area contributed by atoms with E-state index >= 15 is 0 Å². The first kappa shape index (κ1) is 25.2. The summed E-state index contributed by atoms with van der Waals surface area (Å²) in [5.74, 6) is 1.46. The summed E-state index contributed by atoms with van der Waals surface area (Å²) in [6.45, 7) is 6.78. The van der Waals surface area contributed by atoms with E-state index in [1.54, 1.807) is 0 Å². The Bertz CT molecular complexity index is 759. The highest BCUT2D eigenvalue weighted by Gasteiger charge is 2.65. The minimum atomic E-state index is -0.750. The second kappa shape index (κ2) is 9.31. The van der Waals surface area contributed by atoms with Crippen LogP contribution in [0.5, 0.6) is 0 Å². The van der Waals surface area contributed by atoms with Gasteiger partial charge in [-0.15, -0.1) is 0 Å². The summed E-state index contributed by atoms with van der Waals surface area (Å²) in [4.78, 5) is 23.0. The van der Waals surface area contributed by atoms with Gasteiger partial charge in [-0.05, 0) is 97.7 Å². The summed E-state index contributed by atoms with van der Waals surface area (Å²) in [6, 6.07) is 0. The van der Waals surface area contributed by atoms with Gasteiger partial charge in [-0.2, -0.15) is 0 Å². The SMILES string of the molecule is COC(=O)CCC(C)[C@H]1CCC2C3C(O)C[C@@H]4C[C@H](OC(=O)Cl)CC[C@]4(C)C3C[C@H](O)[C@@]21C. The zero-order valence-corrected chi connectivity index (χ0v) is 21.2. The highest BCUT2D eigenvalue weighted by atomic mass is 35.5. The van der Waals surface area contributed by atoms with Crippen LogP contribution in [0.1, 0.15) is 78.6 Å². The van der Waals surface area contributed by atoms with Crippen molar-refractivity contribution >= 4 is 23.0 Å². The van der Waals surface area contributed by atoms with Crippen molar-refractivity contribution in [2.75, 3.05) is 7.11 Å². The first-order chi connectivity index (χ1) is 15.5. The van der Waals surface area contributed by atoms with Crippen LogP contribution in [-0.2, 0) is 14.3 Å². The molecule has 0 aromatic rings. The Morgan fingerprint density at radius 2 is 1.82 bits per heavy atom. The molecule has 4 rings (SSSR count). The number of fused-ring (bicyclic) bond motifs is 5. The Balaban J connectivity index is 1.54. The summed E-state index contributed by atoms with van der Waals surface area (Å²) in [7, 11) is 1.43. The van der Waals surface area contributed by atoms with Crippen LogP contribution in [0.3, 0.4) is 0 Å². The van der Waals surface area contributed by atoms with Gasteiger partial charge in [-0.25, -0.2) is 4.79 Å². The zero-order valence-electron chi connectivity index (χ0n) is 20.5. The van der Waals surface area contributed by atoms with Gasteiger partial charge in [0.05, 0.1) is 19.3 Å². The molecule has 0 aliphatic heterocycles. The van der Waals surface area contributed by atoms with Crippen LogP contribution in [0.15, 0.2) is 0 Å². The second-order valence-corrected chi connectivity index (χ2v) is 12.3. The smallest absolute Gasteiger partial charge is 0.404 e. The number of aliphatic hydroxyl groups is 2. The topological polar surface area (TPSA) is 93.1 Å². The average Bonchev–Trinajstić information content (AvgIpc) is 3.11. The van der Waals surface area contributed by atoms with Gasteiger partial charge < -0.3 is 19.7 Å². The molecule has 0 bridgehead atoms. The number of hydrogen-bond donors (Lipinski definition) is 2. The number of aliphatic hydroxyl groups excluding tert-OH is 2. The molecular formula is C26H41ClO6. The number of carbonyl (C=O) groups is 2. The van der Waals surface area contributed by atoms with Crippen molar-refractivity contribution in [1.82, 2.24) is 0 Å². The molecule has 0 aromatic heterocycles. The van der Waals surface area contributed by atoms with Gasteiger partial charge in [0, 0.05) is 18.0 Å². The largest absolute Gasteiger partial charge is 0.469 e. The van der Waals surface area contributed by atoms with E-state index in [-0.39, 0.29) is 46.6 Å². The molecule has 33 heavy (non-hydrogen) atoms. The molecule has 4 aliphatic carbocycles. The standard InChI is InChI=1S/C26H41ClO6/c1-14(5-8-22(30)32-4)17-6-7-18-23-19(13-21(29)26(17,18)3)25(2)10-9-16(33-24(27)31)11-15(25)12-20(23)28/h14-21,23,28-29H,5-13H2,1-4H3/t14?,15-,16+,17+,18?,19?,20?,21-,23?,25-,26+/m0/s1. The van der Waals surface area contributed by atoms with Gasteiger partial charge in [0.2, 0.25) is 0 Å². The Labute approximate surface area is 202 Å². The molecule has 4 fully saturated rings. The van der Waals surface area contributed by atoms with E-state index in [9.17, 15) is 19.8 Å². The van der Waals surface area contributed by atoms with Crippen LogP contribution in [-0.4, -0.2) is 47.0 Å². The third-order valence-corrected chi connectivity index (χ3v) is 10.9. The maximum atomic E-state index is 11.7. The van der Waals surface area contributed by atoms with Crippen LogP contribution in [0.4, 0.5) is 4.79 Å². The van der Waals surface area contributed by atoms with Crippen molar-refractivity contribution in [2.24, 2.45) is 46.3 Å². The van der Waals surface area contributed by atoms with Crippen LogP contribution in [0, 0.1) is 46.3 Å². The fourth-order valence-corrected chi connectivity index (χ4v) is 9.13. The van der Waals surface area contributed by atoms with E-state index < -0.39 is 17.6 Å². The van der Waals surface area contributed by atoms with E-state index in [4.69, 9.17) is 21.1 Å². The highest BCUT2D eigenvalue weighted by molar-refractivity contribution is 6.61. The Hall–Kier alpha value is -0.850. The predicted molar refractivity (Wildman–Crippen MR) is 125 cm³/mol. The number of halogens is 1. The van der Waals surface area contributed by atoms with Crippen molar-refractivity contribution in [3.05, 3.63) is 0 Å². The molecular weight excluding hydrogens is 444 g/mol. The number of carbonyl (C=O) groups excluding carboxylic acids is 2. The number of hydrogen-bond acceptors (Lipinski definition) is 6. The fraction of sp³-hybridized carbons (Fsp3) is 0.923. The third kappa shape index (κ3) is 4.23. The van der Waals surface area contributed by atoms with E-state index in [1.165, 1.54) is 7.11 Å². The predicted octanol–water partition coefficient (Wildman–Crippen LogP) is 4.92. The summed E-state index contributed by atoms with van der Waals surface area (Å²) >= 11 is 5.47. The van der Waals surface area contributed by atoms with E-state index in [2.05, 4.69) is 20.8 Å². The molecule has 0 aromatic carbocycles. The second-order valence-electron chi connectivity index (χ2n) is 11.9. The molecule has 7 heteroatoms. The number of methoxy groups -OCH3 is 1. The summed E-state index contributed by atoms with van der Waals surface area (Å²) in [5.41, 5.74) is -0.970. The van der Waals surface area contributed by atoms with Crippen molar-refractivity contribution in [3.8, 4) is 0 Å². The maximum absolute atomic E-state index is 11.7. The minimum Gasteiger partial charge on any atom is -0.469 e. The quantitative estimate of drug-likeness (QED) is 0.425. The average molecular weight is 485 g/mol. The number of esters is 1. The maximum Gasteiger partial charge on any atom is 0.404 e. The van der Waals surface area contributed by atoms with Crippen molar-refractivity contribution in [1.29, 1.82) is 0 Å². The molecule has 4 aliphatic rings. The molecule has 188 valence electrons. The van der Waals surface area contributed by atoms with Crippen molar-refractivity contribution < 1.29 is 29.3 Å². The molecule has 0 radical (unpaired) electrons. The van der Waals surface area contributed by atoms with E-state index in [0.29, 0.717) is 24.7 Å². The fourth-order valence-electron chi connectivity index (χ4n) is 9.00. The van der Waals surface area contributed by atoms with Gasteiger partial charge in [-0.1, -0.05) is 20.8 Å². The lowest BCUT2D eigenvalue weighted by molar-refractivity contribution is -0.206. The summed E-state index contributed by atoms with van der Waals surface area (Å²) in [5, 5.41) is 23.1. The van der Waals surface area contributed by atoms with Crippen molar-refractivity contribution in [3.63, 3.8) is 0 Å². The molecule has 4 saturated carbocycles. The Morgan fingerprint density at radius 1 is 1.09 bits per heavy atom. The molecule has 11 atom stereocenters. The first-order valence-electron chi connectivity index (χ1n) is 12.8. The van der Waals surface area contributed by atoms with Gasteiger partial charge in [0.15, 0.2) is 0 Å². The lowest BCUT2D eigenvalue weighted by Gasteiger charge is -2.63. The lowest BCUT2D eigenvalue weighted by Crippen LogP contribution is -2.62. The highest BCUT2D eigenvalue weighted by Crippen LogP contribution is 2.68. The molecule has 6 nitrogen and oxygen atoms in total. The van der Waals surface area contributed by atoms with Crippen LogP contribution >= 0.6 is 11.6 Å². The normalized spacial score (nSPS) is 47.6. The van der Waals surface area contributed by atoms with Gasteiger partial charge >= 0.3 is 11.4 Å². The van der Waals surface area contributed by atoms with Gasteiger partial charge in [0.1, 0.15) is 6.10 Å². The monoisotopic (exact) mass is 484 g/mol. The molecule has 2 N–H and O–H groups in total. The van der Waals surface area contributed by atoms with Crippen LogP contribution < -0.4 is 0 Å². The summed E-state index contributed by atoms with van der Waals surface area (Å²) in [6.07, 6.45) is 6.11. The number of rotatable bonds is 5. The van der Waals surface area contributed by atoms with Gasteiger partial charge in [0.25, 0.3) is 0 Å². The van der Waals surface area contributed by atoms with Crippen molar-refractivity contribution in [2.45, 2.75) is 96.9 Å². The summed E-state index contributed by atoms with van der Waals surface area (Å²) < 4.78 is 10.1. The minimum absolute atomic E-state index is 0.0238. The molecule has 0 saturated heterocycles. The molecule has 0 amide bonds. The van der Waals surface area contributed by atoms with Crippen LogP contribution in [0.25, 0.3) is 0 Å². The van der Waals surface area contributed by atoms with E-state index in [0.717, 1.165) is 44.9 Å². The Kier molecular flexibility index (Phi) is 7.12. The Morgan fingerprint density at radius 3 is 2.48 bits per heavy atom. The van der Waals surface area contributed by atoms with Crippen LogP contribution in [0.2, 0.25) is 0 Å². The third-order valence-electron chi connectivity index (χ3n) is 10.8.